The molecule has 0 bridgehead atoms. The fourth-order valence-corrected chi connectivity index (χ4v) is 2.71. The number of hydrogen-bond acceptors (Lipinski definition) is 3. The predicted octanol–water partition coefficient (Wildman–Crippen LogP) is 2.54. The van der Waals surface area contributed by atoms with Crippen molar-refractivity contribution >= 4 is 28.2 Å². The highest BCUT2D eigenvalue weighted by Crippen LogP contribution is 2.26. The van der Waals surface area contributed by atoms with Gasteiger partial charge >= 0.3 is 0 Å². The van der Waals surface area contributed by atoms with Crippen molar-refractivity contribution in [3.05, 3.63) is 54.2 Å². The van der Waals surface area contributed by atoms with E-state index in [4.69, 9.17) is 0 Å². The van der Waals surface area contributed by atoms with Crippen molar-refractivity contribution < 1.29 is 4.79 Å². The molecule has 3 N–H and O–H groups in total. The summed E-state index contributed by atoms with van der Waals surface area (Å²) in [5, 5.41) is 14.1. The van der Waals surface area contributed by atoms with Gasteiger partial charge in [0.1, 0.15) is 6.04 Å². The lowest BCUT2D eigenvalue weighted by atomic mass is 10.1. The Morgan fingerprint density at radius 1 is 1.24 bits per heavy atom. The maximum Gasteiger partial charge on any atom is 0.247 e. The number of aromatic amines is 1. The van der Waals surface area contributed by atoms with Gasteiger partial charge in [-0.1, -0.05) is 18.2 Å². The van der Waals surface area contributed by atoms with E-state index in [2.05, 4.69) is 20.8 Å². The van der Waals surface area contributed by atoms with Gasteiger partial charge in [0.15, 0.2) is 0 Å². The third-order valence-electron chi connectivity index (χ3n) is 3.80. The lowest BCUT2D eigenvalue weighted by Gasteiger charge is -2.12. The van der Waals surface area contributed by atoms with Crippen LogP contribution in [0.25, 0.3) is 10.9 Å². The van der Waals surface area contributed by atoms with Crippen molar-refractivity contribution in [2.24, 2.45) is 0 Å². The van der Waals surface area contributed by atoms with Crippen molar-refractivity contribution in [3.8, 4) is 0 Å². The number of fused-ring (bicyclic) bond motifs is 2. The lowest BCUT2D eigenvalue weighted by molar-refractivity contribution is -0.116. The molecule has 0 saturated carbocycles. The molecule has 1 aliphatic heterocycles. The summed E-state index contributed by atoms with van der Waals surface area (Å²) in [6, 6.07) is 13.5. The number of benzene rings is 2. The van der Waals surface area contributed by atoms with Gasteiger partial charge in [0.05, 0.1) is 11.7 Å². The second kappa shape index (κ2) is 4.63. The van der Waals surface area contributed by atoms with Gasteiger partial charge in [-0.25, -0.2) is 0 Å². The number of nitrogens with one attached hydrogen (secondary N) is 3. The number of hydrogen-bond donors (Lipinski definition) is 3. The first-order valence-corrected chi connectivity index (χ1v) is 6.88. The molecule has 0 spiro atoms. The van der Waals surface area contributed by atoms with E-state index in [1.165, 1.54) is 5.56 Å². The number of carbonyl (C=O) groups excluding carboxylic acids is 1. The fourth-order valence-electron chi connectivity index (χ4n) is 2.71. The number of nitrogens with zero attached hydrogens (tertiary/aromatic N) is 1. The molecule has 104 valence electrons. The molecular weight excluding hydrogens is 264 g/mol. The molecule has 21 heavy (non-hydrogen) atoms. The Morgan fingerprint density at radius 3 is 3.05 bits per heavy atom. The lowest BCUT2D eigenvalue weighted by Crippen LogP contribution is -2.32. The first-order chi connectivity index (χ1) is 10.3. The Labute approximate surface area is 121 Å². The monoisotopic (exact) mass is 278 g/mol. The molecule has 1 aromatic heterocycles. The predicted molar refractivity (Wildman–Crippen MR) is 82.3 cm³/mol. The summed E-state index contributed by atoms with van der Waals surface area (Å²) in [4.78, 5) is 12.4. The van der Waals surface area contributed by atoms with Crippen molar-refractivity contribution in [1.82, 2.24) is 10.2 Å². The normalized spacial score (nSPS) is 16.5. The molecule has 0 radical (unpaired) electrons. The molecule has 0 saturated heterocycles. The second-order valence-electron chi connectivity index (χ2n) is 5.22. The minimum atomic E-state index is -0.220. The maximum absolute atomic E-state index is 12.4. The van der Waals surface area contributed by atoms with Crippen molar-refractivity contribution in [3.63, 3.8) is 0 Å². The quantitative estimate of drug-likeness (QED) is 0.674. The van der Waals surface area contributed by atoms with Crippen LogP contribution in [-0.4, -0.2) is 22.1 Å². The van der Waals surface area contributed by atoms with Crippen LogP contribution in [0.15, 0.2) is 48.7 Å². The molecule has 2 heterocycles. The van der Waals surface area contributed by atoms with Crippen LogP contribution in [0, 0.1) is 0 Å². The Hall–Kier alpha value is -2.82. The summed E-state index contributed by atoms with van der Waals surface area (Å²) in [6.45, 7) is 0. The van der Waals surface area contributed by atoms with Gasteiger partial charge in [-0.2, -0.15) is 5.10 Å². The molecule has 2 aromatic carbocycles. The van der Waals surface area contributed by atoms with Crippen LogP contribution in [0.4, 0.5) is 11.4 Å². The van der Waals surface area contributed by atoms with E-state index in [0.717, 1.165) is 28.7 Å². The third kappa shape index (κ3) is 2.12. The number of H-pyrrole nitrogens is 1. The first kappa shape index (κ1) is 12.0. The minimum absolute atomic E-state index is 0.0194. The van der Waals surface area contributed by atoms with Crippen molar-refractivity contribution in [1.29, 1.82) is 0 Å². The summed E-state index contributed by atoms with van der Waals surface area (Å²) in [5.74, 6) is -0.0194. The van der Waals surface area contributed by atoms with Crippen LogP contribution >= 0.6 is 0 Å². The highest BCUT2D eigenvalue weighted by molar-refractivity contribution is 5.99. The maximum atomic E-state index is 12.4. The van der Waals surface area contributed by atoms with Gasteiger partial charge in [-0.15, -0.1) is 0 Å². The van der Waals surface area contributed by atoms with Gasteiger partial charge in [0.25, 0.3) is 0 Å². The molecule has 5 heteroatoms. The van der Waals surface area contributed by atoms with Gasteiger partial charge in [0, 0.05) is 23.2 Å². The van der Waals surface area contributed by atoms with Crippen LogP contribution in [0.1, 0.15) is 5.56 Å². The second-order valence-corrected chi connectivity index (χ2v) is 5.22. The molecule has 3 aromatic rings. The molecule has 4 rings (SSSR count). The topological polar surface area (TPSA) is 69.8 Å². The number of rotatable bonds is 2. The molecule has 0 fully saturated rings. The number of amides is 1. The Balaban J connectivity index is 1.51. The van der Waals surface area contributed by atoms with E-state index >= 15 is 0 Å². The molecule has 5 nitrogen and oxygen atoms in total. The van der Waals surface area contributed by atoms with E-state index in [9.17, 15) is 4.79 Å². The smallest absolute Gasteiger partial charge is 0.247 e. The zero-order valence-corrected chi connectivity index (χ0v) is 11.3. The summed E-state index contributed by atoms with van der Waals surface area (Å²) in [6.07, 6.45) is 2.46. The Bertz CT molecular complexity index is 799. The van der Waals surface area contributed by atoms with Crippen molar-refractivity contribution in [2.45, 2.75) is 12.5 Å². The fraction of sp³-hybridized carbons (Fsp3) is 0.125. The number of anilines is 2. The van der Waals surface area contributed by atoms with Gasteiger partial charge in [-0.3, -0.25) is 9.89 Å². The SMILES string of the molecule is O=C(Nc1ccc2[nH]ncc2c1)[C@@H]1Cc2ccccc2N1. The number of carbonyl (C=O) groups is 1. The van der Waals surface area contributed by atoms with Crippen LogP contribution in [0.2, 0.25) is 0 Å². The van der Waals surface area contributed by atoms with Crippen LogP contribution < -0.4 is 10.6 Å². The molecule has 1 amide bonds. The van der Waals surface area contributed by atoms with Crippen LogP contribution in [-0.2, 0) is 11.2 Å². The molecule has 1 aliphatic rings. The van der Waals surface area contributed by atoms with E-state index in [-0.39, 0.29) is 11.9 Å². The summed E-state index contributed by atoms with van der Waals surface area (Å²) < 4.78 is 0. The van der Waals surface area contributed by atoms with Gasteiger partial charge in [0.2, 0.25) is 5.91 Å². The Morgan fingerprint density at radius 2 is 2.14 bits per heavy atom. The summed E-state index contributed by atoms with van der Waals surface area (Å²) in [7, 11) is 0. The number of para-hydroxylation sites is 1. The molecule has 1 atom stereocenters. The largest absolute Gasteiger partial charge is 0.373 e. The third-order valence-corrected chi connectivity index (χ3v) is 3.80. The first-order valence-electron chi connectivity index (χ1n) is 6.88. The average Bonchev–Trinajstić information content (AvgIpc) is 3.13. The highest BCUT2D eigenvalue weighted by Gasteiger charge is 2.26. The highest BCUT2D eigenvalue weighted by atomic mass is 16.2. The molecular formula is C16H14N4O. The molecule has 0 unspecified atom stereocenters. The zero-order chi connectivity index (χ0) is 14.2. The zero-order valence-electron chi connectivity index (χ0n) is 11.3. The van der Waals surface area contributed by atoms with Gasteiger partial charge in [-0.05, 0) is 29.8 Å². The number of aromatic nitrogens is 2. The minimum Gasteiger partial charge on any atom is -0.373 e. The average molecular weight is 278 g/mol. The standard InChI is InChI=1S/C16H14N4O/c21-16(15-8-10-3-1-2-4-13(10)19-15)18-12-5-6-14-11(7-12)9-17-20-14/h1-7,9,15,19H,8H2,(H,17,20)(H,18,21)/t15-/m0/s1. The summed E-state index contributed by atoms with van der Waals surface area (Å²) >= 11 is 0. The van der Waals surface area contributed by atoms with Crippen molar-refractivity contribution in [2.75, 3.05) is 10.6 Å². The molecule has 0 aliphatic carbocycles. The van der Waals surface area contributed by atoms with E-state index < -0.39 is 0 Å². The van der Waals surface area contributed by atoms with E-state index in [0.29, 0.717) is 0 Å². The van der Waals surface area contributed by atoms with Gasteiger partial charge < -0.3 is 10.6 Å². The summed E-state index contributed by atoms with van der Waals surface area (Å²) in [5.41, 5.74) is 3.97. The van der Waals surface area contributed by atoms with Crippen LogP contribution in [0.3, 0.4) is 0 Å². The van der Waals surface area contributed by atoms with E-state index in [1.54, 1.807) is 6.20 Å². The Kier molecular flexibility index (Phi) is 2.64. The van der Waals surface area contributed by atoms with Crippen LogP contribution in [0.5, 0.6) is 0 Å². The van der Waals surface area contributed by atoms with E-state index in [1.807, 2.05) is 42.5 Å².